The van der Waals surface area contributed by atoms with E-state index in [1.165, 1.54) is 6.42 Å². The number of hydrogen-bond donors (Lipinski definition) is 2. The Balaban J connectivity index is 2.48. The van der Waals surface area contributed by atoms with Gasteiger partial charge in [0.25, 0.3) is 0 Å². The fraction of sp³-hybridized carbons (Fsp3) is 1.00. The number of nitrogens with two attached hydrogens (primary N) is 1. The second-order valence-corrected chi connectivity index (χ2v) is 5.55. The Hall–Kier alpha value is -0.0800. The first-order valence-corrected chi connectivity index (χ1v) is 5.42. The summed E-state index contributed by atoms with van der Waals surface area (Å²) in [5, 5.41) is 3.67. The fourth-order valence-electron chi connectivity index (χ4n) is 2.50. The van der Waals surface area contributed by atoms with Crippen LogP contribution < -0.4 is 11.1 Å². The Morgan fingerprint density at radius 1 is 1.46 bits per heavy atom. The van der Waals surface area contributed by atoms with Crippen LogP contribution in [0.15, 0.2) is 0 Å². The SMILES string of the molecule is CC(C)CC1CC(N)CC(C)(C)N1. The molecule has 0 aliphatic carbocycles. The van der Waals surface area contributed by atoms with Crippen LogP contribution >= 0.6 is 0 Å². The van der Waals surface area contributed by atoms with Crippen molar-refractivity contribution in [2.24, 2.45) is 11.7 Å². The molecule has 0 aromatic carbocycles. The van der Waals surface area contributed by atoms with Crippen molar-refractivity contribution >= 4 is 0 Å². The first-order chi connectivity index (χ1) is 5.89. The van der Waals surface area contributed by atoms with Gasteiger partial charge in [-0.15, -0.1) is 0 Å². The van der Waals surface area contributed by atoms with Crippen molar-refractivity contribution in [3.05, 3.63) is 0 Å². The number of hydrogen-bond acceptors (Lipinski definition) is 2. The molecule has 0 aromatic rings. The Morgan fingerprint density at radius 2 is 2.08 bits per heavy atom. The van der Waals surface area contributed by atoms with Gasteiger partial charge in [-0.3, -0.25) is 0 Å². The average molecular weight is 184 g/mol. The highest BCUT2D eigenvalue weighted by atomic mass is 15.0. The predicted octanol–water partition coefficient (Wildman–Crippen LogP) is 1.89. The molecule has 78 valence electrons. The van der Waals surface area contributed by atoms with E-state index in [9.17, 15) is 0 Å². The van der Waals surface area contributed by atoms with Gasteiger partial charge >= 0.3 is 0 Å². The molecule has 1 aliphatic rings. The highest BCUT2D eigenvalue weighted by molar-refractivity contribution is 4.93. The second-order valence-electron chi connectivity index (χ2n) is 5.55. The number of piperidine rings is 1. The Kier molecular flexibility index (Phi) is 3.36. The van der Waals surface area contributed by atoms with Gasteiger partial charge in [0.15, 0.2) is 0 Å². The summed E-state index contributed by atoms with van der Waals surface area (Å²) < 4.78 is 0. The van der Waals surface area contributed by atoms with Crippen LogP contribution in [0.5, 0.6) is 0 Å². The van der Waals surface area contributed by atoms with Crippen LogP contribution in [-0.2, 0) is 0 Å². The van der Waals surface area contributed by atoms with E-state index in [2.05, 4.69) is 33.0 Å². The van der Waals surface area contributed by atoms with Gasteiger partial charge in [0.2, 0.25) is 0 Å². The summed E-state index contributed by atoms with van der Waals surface area (Å²) in [6.07, 6.45) is 3.49. The molecule has 0 aromatic heterocycles. The van der Waals surface area contributed by atoms with Crippen LogP contribution in [0.1, 0.15) is 47.0 Å². The molecule has 0 amide bonds. The maximum Gasteiger partial charge on any atom is 0.0142 e. The van der Waals surface area contributed by atoms with E-state index in [0.29, 0.717) is 12.1 Å². The summed E-state index contributed by atoms with van der Waals surface area (Å²) in [6, 6.07) is 1.01. The third kappa shape index (κ3) is 3.65. The fourth-order valence-corrected chi connectivity index (χ4v) is 2.50. The van der Waals surface area contributed by atoms with Gasteiger partial charge in [-0.05, 0) is 39.0 Å². The zero-order chi connectivity index (χ0) is 10.1. The Morgan fingerprint density at radius 3 is 2.54 bits per heavy atom. The average Bonchev–Trinajstić information content (AvgIpc) is 1.78. The van der Waals surface area contributed by atoms with Crippen LogP contribution in [0.3, 0.4) is 0 Å². The molecular formula is C11H24N2. The molecule has 13 heavy (non-hydrogen) atoms. The lowest BCUT2D eigenvalue weighted by Crippen LogP contribution is -2.56. The summed E-state index contributed by atoms with van der Waals surface area (Å²) in [7, 11) is 0. The maximum atomic E-state index is 6.04. The molecule has 1 aliphatic heterocycles. The second kappa shape index (κ2) is 3.97. The lowest BCUT2D eigenvalue weighted by atomic mass is 9.83. The van der Waals surface area contributed by atoms with Crippen molar-refractivity contribution in [3.8, 4) is 0 Å². The van der Waals surface area contributed by atoms with Crippen LogP contribution in [0.2, 0.25) is 0 Å². The third-order valence-electron chi connectivity index (χ3n) is 2.71. The van der Waals surface area contributed by atoms with Crippen molar-refractivity contribution in [1.29, 1.82) is 0 Å². The summed E-state index contributed by atoms with van der Waals surface area (Å²) in [5.74, 6) is 0.763. The summed E-state index contributed by atoms with van der Waals surface area (Å²) in [5.41, 5.74) is 6.27. The highest BCUT2D eigenvalue weighted by Gasteiger charge is 2.31. The van der Waals surface area contributed by atoms with E-state index in [4.69, 9.17) is 5.73 Å². The smallest absolute Gasteiger partial charge is 0.0142 e. The molecule has 2 nitrogen and oxygen atoms in total. The molecule has 0 saturated carbocycles. The van der Waals surface area contributed by atoms with E-state index in [1.54, 1.807) is 0 Å². The minimum atomic E-state index is 0.233. The van der Waals surface area contributed by atoms with Crippen LogP contribution in [0.25, 0.3) is 0 Å². The summed E-state index contributed by atoms with van der Waals surface area (Å²) >= 11 is 0. The molecular weight excluding hydrogens is 160 g/mol. The largest absolute Gasteiger partial charge is 0.328 e. The molecule has 0 bridgehead atoms. The van der Waals surface area contributed by atoms with E-state index in [1.807, 2.05) is 0 Å². The molecule has 0 spiro atoms. The van der Waals surface area contributed by atoms with E-state index in [0.717, 1.165) is 18.8 Å². The summed E-state index contributed by atoms with van der Waals surface area (Å²) in [6.45, 7) is 9.04. The minimum absolute atomic E-state index is 0.233. The molecule has 1 saturated heterocycles. The van der Waals surface area contributed by atoms with Crippen molar-refractivity contribution in [2.45, 2.75) is 64.6 Å². The summed E-state index contributed by atoms with van der Waals surface area (Å²) in [4.78, 5) is 0. The quantitative estimate of drug-likeness (QED) is 0.688. The Labute approximate surface area is 82.3 Å². The van der Waals surface area contributed by atoms with Gasteiger partial charge < -0.3 is 11.1 Å². The van der Waals surface area contributed by atoms with Crippen molar-refractivity contribution < 1.29 is 0 Å². The van der Waals surface area contributed by atoms with Crippen molar-refractivity contribution in [1.82, 2.24) is 5.32 Å². The van der Waals surface area contributed by atoms with Crippen LogP contribution in [0.4, 0.5) is 0 Å². The Bertz CT molecular complexity index is 161. The van der Waals surface area contributed by atoms with Gasteiger partial charge in [-0.2, -0.15) is 0 Å². The van der Waals surface area contributed by atoms with Crippen molar-refractivity contribution in [3.63, 3.8) is 0 Å². The van der Waals surface area contributed by atoms with Crippen LogP contribution in [0, 0.1) is 5.92 Å². The first kappa shape index (κ1) is 11.0. The third-order valence-corrected chi connectivity index (χ3v) is 2.71. The molecule has 3 N–H and O–H groups in total. The standard InChI is InChI=1S/C11H24N2/c1-8(2)5-10-6-9(12)7-11(3,4)13-10/h8-10,13H,5-7,12H2,1-4H3. The highest BCUT2D eigenvalue weighted by Crippen LogP contribution is 2.23. The van der Waals surface area contributed by atoms with E-state index in [-0.39, 0.29) is 5.54 Å². The van der Waals surface area contributed by atoms with Gasteiger partial charge in [0, 0.05) is 17.6 Å². The lowest BCUT2D eigenvalue weighted by Gasteiger charge is -2.41. The molecule has 2 atom stereocenters. The first-order valence-electron chi connectivity index (χ1n) is 5.42. The lowest BCUT2D eigenvalue weighted by molar-refractivity contribution is 0.202. The van der Waals surface area contributed by atoms with E-state index >= 15 is 0 Å². The van der Waals surface area contributed by atoms with Gasteiger partial charge in [-0.25, -0.2) is 0 Å². The van der Waals surface area contributed by atoms with Crippen molar-refractivity contribution in [2.75, 3.05) is 0 Å². The topological polar surface area (TPSA) is 38.0 Å². The molecule has 1 heterocycles. The predicted molar refractivity (Wildman–Crippen MR) is 57.7 cm³/mol. The molecule has 0 radical (unpaired) electrons. The number of rotatable bonds is 2. The maximum absolute atomic E-state index is 6.04. The van der Waals surface area contributed by atoms with Gasteiger partial charge in [-0.1, -0.05) is 13.8 Å². The van der Waals surface area contributed by atoms with E-state index < -0.39 is 0 Å². The molecule has 1 fully saturated rings. The van der Waals surface area contributed by atoms with Gasteiger partial charge in [0.1, 0.15) is 0 Å². The zero-order valence-electron chi connectivity index (χ0n) is 9.43. The minimum Gasteiger partial charge on any atom is -0.328 e. The zero-order valence-corrected chi connectivity index (χ0v) is 9.43. The van der Waals surface area contributed by atoms with Crippen LogP contribution in [-0.4, -0.2) is 17.6 Å². The molecule has 1 rings (SSSR count). The van der Waals surface area contributed by atoms with Gasteiger partial charge in [0.05, 0.1) is 0 Å². The number of nitrogens with one attached hydrogen (secondary N) is 1. The molecule has 2 heteroatoms. The monoisotopic (exact) mass is 184 g/mol. The normalized spacial score (nSPS) is 33.7. The molecule has 2 unspecified atom stereocenters.